The summed E-state index contributed by atoms with van der Waals surface area (Å²) in [7, 11) is -4.17. The van der Waals surface area contributed by atoms with E-state index in [0.717, 1.165) is 22.8 Å². The van der Waals surface area contributed by atoms with Crippen molar-refractivity contribution in [2.45, 2.75) is 38.5 Å². The number of carbonyl (C=O) groups is 2. The van der Waals surface area contributed by atoms with Crippen LogP contribution >= 0.6 is 22.6 Å². The van der Waals surface area contributed by atoms with Crippen LogP contribution in [0, 0.1) is 26.7 Å². The van der Waals surface area contributed by atoms with Crippen molar-refractivity contribution in [3.05, 3.63) is 27.3 Å². The van der Waals surface area contributed by atoms with Crippen molar-refractivity contribution >= 4 is 44.6 Å². The van der Waals surface area contributed by atoms with Crippen LogP contribution in [0.25, 0.3) is 0 Å². The molecule has 1 amide bonds. The van der Waals surface area contributed by atoms with E-state index < -0.39 is 27.2 Å². The molecule has 0 spiro atoms. The molecular weight excluding hydrogens is 509 g/mol. The van der Waals surface area contributed by atoms with Gasteiger partial charge in [0.05, 0.1) is 16.7 Å². The van der Waals surface area contributed by atoms with Gasteiger partial charge in [0.1, 0.15) is 5.75 Å². The summed E-state index contributed by atoms with van der Waals surface area (Å²) in [4.78, 5) is 25.7. The van der Waals surface area contributed by atoms with Gasteiger partial charge in [-0.15, -0.1) is 0 Å². The first-order chi connectivity index (χ1) is 13.6. The highest BCUT2D eigenvalue weighted by Gasteiger charge is 2.55. The molecule has 0 aromatic heterocycles. The van der Waals surface area contributed by atoms with E-state index in [0.29, 0.717) is 17.8 Å². The molecule has 1 aromatic rings. The molecule has 4 saturated carbocycles. The Morgan fingerprint density at radius 1 is 1.14 bits per heavy atom. The van der Waals surface area contributed by atoms with Gasteiger partial charge in [-0.25, -0.2) is 0 Å². The van der Waals surface area contributed by atoms with Gasteiger partial charge in [-0.2, -0.15) is 8.42 Å². The van der Waals surface area contributed by atoms with Gasteiger partial charge in [-0.3, -0.25) is 14.1 Å². The van der Waals surface area contributed by atoms with Crippen LogP contribution in [0.1, 0.15) is 48.9 Å². The maximum Gasteiger partial charge on any atom is 0.317 e. The minimum atomic E-state index is -4.17. The summed E-state index contributed by atoms with van der Waals surface area (Å²) >= 11 is 2.09. The van der Waals surface area contributed by atoms with E-state index in [1.165, 1.54) is 19.3 Å². The summed E-state index contributed by atoms with van der Waals surface area (Å²) in [6.07, 6.45) is 6.28. The van der Waals surface area contributed by atoms with Gasteiger partial charge in [0.15, 0.2) is 0 Å². The van der Waals surface area contributed by atoms with Gasteiger partial charge in [0.2, 0.25) is 0 Å². The van der Waals surface area contributed by atoms with Gasteiger partial charge in [0, 0.05) is 10.1 Å². The van der Waals surface area contributed by atoms with E-state index in [-0.39, 0.29) is 23.8 Å². The Kier molecular flexibility index (Phi) is 5.67. The number of halogens is 1. The highest BCUT2D eigenvalue weighted by Crippen LogP contribution is 2.60. The van der Waals surface area contributed by atoms with Gasteiger partial charge in [0.25, 0.3) is 16.0 Å². The Morgan fingerprint density at radius 2 is 1.72 bits per heavy atom. The molecule has 5 rings (SSSR count). The molecular formula is C20H24INO6S. The fourth-order valence-electron chi connectivity index (χ4n) is 5.73. The molecule has 158 valence electrons. The molecule has 9 heteroatoms. The quantitative estimate of drug-likeness (QED) is 0.252. The Hall–Kier alpha value is -1.20. The molecule has 0 saturated heterocycles. The fourth-order valence-corrected chi connectivity index (χ4v) is 6.55. The van der Waals surface area contributed by atoms with Crippen molar-refractivity contribution in [2.24, 2.45) is 23.2 Å². The molecule has 0 radical (unpaired) electrons. The normalized spacial score (nSPS) is 30.2. The minimum Gasteiger partial charge on any atom is -0.425 e. The molecule has 2 N–H and O–H groups in total. The lowest BCUT2D eigenvalue weighted by molar-refractivity contribution is -0.161. The molecule has 1 aromatic carbocycles. The molecule has 4 aliphatic carbocycles. The number of ether oxygens (including phenoxy) is 1. The lowest BCUT2D eigenvalue weighted by Gasteiger charge is -2.55. The molecule has 7 nitrogen and oxygen atoms in total. The third kappa shape index (κ3) is 4.61. The summed E-state index contributed by atoms with van der Waals surface area (Å²) < 4.78 is 37.1. The first-order valence-corrected chi connectivity index (χ1v) is 12.6. The molecule has 4 bridgehead atoms. The van der Waals surface area contributed by atoms with Gasteiger partial charge in [-0.1, -0.05) is 0 Å². The number of amides is 1. The number of carbonyl (C=O) groups excluding carboxylic acids is 2. The molecule has 29 heavy (non-hydrogen) atoms. The van der Waals surface area contributed by atoms with Crippen LogP contribution in [0.4, 0.5) is 0 Å². The summed E-state index contributed by atoms with van der Waals surface area (Å²) in [5.41, 5.74) is -0.256. The lowest BCUT2D eigenvalue weighted by atomic mass is 9.49. The minimum absolute atomic E-state index is 0.179. The zero-order valence-corrected chi connectivity index (χ0v) is 18.9. The molecule has 0 unspecified atom stereocenters. The molecule has 0 aliphatic heterocycles. The zero-order chi connectivity index (χ0) is 20.8. The maximum absolute atomic E-state index is 13.2. The van der Waals surface area contributed by atoms with E-state index in [2.05, 4.69) is 27.9 Å². The average Bonchev–Trinajstić information content (AvgIpc) is 2.59. The molecule has 4 fully saturated rings. The van der Waals surface area contributed by atoms with Gasteiger partial charge < -0.3 is 10.1 Å². The van der Waals surface area contributed by atoms with E-state index in [4.69, 9.17) is 9.29 Å². The van der Waals surface area contributed by atoms with Crippen LogP contribution in [-0.4, -0.2) is 37.1 Å². The second kappa shape index (κ2) is 7.81. The largest absolute Gasteiger partial charge is 0.425 e. The molecule has 4 aliphatic rings. The zero-order valence-electron chi connectivity index (χ0n) is 15.9. The van der Waals surface area contributed by atoms with Crippen LogP contribution in [0.15, 0.2) is 18.2 Å². The number of hydrogen-bond acceptors (Lipinski definition) is 5. The van der Waals surface area contributed by atoms with E-state index in [1.54, 1.807) is 18.2 Å². The fraction of sp³-hybridized carbons (Fsp3) is 0.600. The smallest absolute Gasteiger partial charge is 0.317 e. The van der Waals surface area contributed by atoms with Crippen molar-refractivity contribution < 1.29 is 27.3 Å². The first kappa shape index (κ1) is 21.0. The van der Waals surface area contributed by atoms with Gasteiger partial charge >= 0.3 is 5.97 Å². The second-order valence-corrected chi connectivity index (χ2v) is 11.6. The van der Waals surface area contributed by atoms with Crippen molar-refractivity contribution in [1.82, 2.24) is 5.32 Å². The van der Waals surface area contributed by atoms with E-state index in [1.807, 2.05) is 0 Å². The Labute approximate surface area is 183 Å². The van der Waals surface area contributed by atoms with Crippen LogP contribution < -0.4 is 10.1 Å². The van der Waals surface area contributed by atoms with Crippen molar-refractivity contribution in [1.29, 1.82) is 0 Å². The van der Waals surface area contributed by atoms with Crippen LogP contribution in [0.3, 0.4) is 0 Å². The topological polar surface area (TPSA) is 110 Å². The maximum atomic E-state index is 13.2. The predicted octanol–water partition coefficient (Wildman–Crippen LogP) is 3.03. The number of hydrogen-bond donors (Lipinski definition) is 2. The first-order valence-electron chi connectivity index (χ1n) is 9.89. The summed E-state index contributed by atoms with van der Waals surface area (Å²) in [5, 5.41) is 2.45. The van der Waals surface area contributed by atoms with Gasteiger partial charge in [-0.05, 0) is 97.1 Å². The van der Waals surface area contributed by atoms with Crippen LogP contribution in [-0.2, 0) is 14.9 Å². The highest BCUT2D eigenvalue weighted by molar-refractivity contribution is 14.1. The summed E-state index contributed by atoms with van der Waals surface area (Å²) in [6, 6.07) is 4.93. The Bertz CT molecular complexity index is 909. The number of nitrogens with one attached hydrogen (secondary N) is 1. The number of rotatable bonds is 6. The van der Waals surface area contributed by atoms with Crippen LogP contribution in [0.2, 0.25) is 0 Å². The van der Waals surface area contributed by atoms with Crippen molar-refractivity contribution in [3.63, 3.8) is 0 Å². The number of esters is 1. The van der Waals surface area contributed by atoms with Crippen LogP contribution in [0.5, 0.6) is 5.75 Å². The van der Waals surface area contributed by atoms with Crippen molar-refractivity contribution in [3.8, 4) is 5.75 Å². The highest BCUT2D eigenvalue weighted by atomic mass is 127. The third-order valence-electron chi connectivity index (χ3n) is 6.51. The third-order valence-corrected chi connectivity index (χ3v) is 7.90. The van der Waals surface area contributed by atoms with Crippen molar-refractivity contribution in [2.75, 3.05) is 12.3 Å². The van der Waals surface area contributed by atoms with E-state index in [9.17, 15) is 18.0 Å². The Morgan fingerprint density at radius 3 is 2.28 bits per heavy atom. The predicted molar refractivity (Wildman–Crippen MR) is 114 cm³/mol. The number of benzene rings is 1. The molecule has 0 heterocycles. The monoisotopic (exact) mass is 533 g/mol. The summed E-state index contributed by atoms with van der Waals surface area (Å²) in [5.74, 6) is 0.644. The second-order valence-electron chi connectivity index (χ2n) is 8.77. The standard InChI is InChI=1S/C20H24INO6S/c21-15-1-2-16(18(23)22-3-4-29(25,26)27)17(8-15)28-19(24)20-9-12-5-13(10-20)7-14(6-12)11-20/h1-2,8,12-14H,3-7,9-11H2,(H,22,23)(H,25,26,27). The Balaban J connectivity index is 1.50. The summed E-state index contributed by atoms with van der Waals surface area (Å²) in [6.45, 7) is -0.230. The SMILES string of the molecule is O=C(NCCS(=O)(=O)O)c1ccc(I)cc1OC(=O)C12CC3CC(CC(C3)C1)C2. The average molecular weight is 533 g/mol. The lowest BCUT2D eigenvalue weighted by Crippen LogP contribution is -2.51. The van der Waals surface area contributed by atoms with E-state index >= 15 is 0 Å². The molecule has 0 atom stereocenters.